The smallest absolute Gasteiger partial charge is 0.412 e. The number of ether oxygens (including phenoxy) is 1. The minimum absolute atomic E-state index is 0.380. The molecule has 1 atom stereocenters. The van der Waals surface area contributed by atoms with Gasteiger partial charge in [0.2, 0.25) is 0 Å². The van der Waals surface area contributed by atoms with Crippen molar-refractivity contribution < 1.29 is 14.6 Å². The van der Waals surface area contributed by atoms with Gasteiger partial charge in [-0.3, -0.25) is 4.90 Å². The molecule has 6 nitrogen and oxygen atoms in total. The molecule has 0 aliphatic carbocycles. The van der Waals surface area contributed by atoms with Crippen LogP contribution < -0.4 is 15.4 Å². The van der Waals surface area contributed by atoms with Gasteiger partial charge >= 0.3 is 6.09 Å². The normalized spacial score (nSPS) is 13.3. The highest BCUT2D eigenvalue weighted by Gasteiger charge is 2.22. The highest BCUT2D eigenvalue weighted by molar-refractivity contribution is 5.85. The summed E-state index contributed by atoms with van der Waals surface area (Å²) in [4.78, 5) is 16.4. The number of benzene rings is 1. The predicted octanol–water partition coefficient (Wildman–Crippen LogP) is 4.62. The van der Waals surface area contributed by atoms with Crippen LogP contribution in [0, 0.1) is 19.8 Å². The summed E-state index contributed by atoms with van der Waals surface area (Å²) in [6.45, 7) is 10.8. The zero-order valence-corrected chi connectivity index (χ0v) is 17.6. The van der Waals surface area contributed by atoms with Crippen molar-refractivity contribution in [3.05, 3.63) is 41.6 Å². The van der Waals surface area contributed by atoms with E-state index < -0.39 is 6.09 Å². The summed E-state index contributed by atoms with van der Waals surface area (Å²) in [6.07, 6.45) is 1.46. The van der Waals surface area contributed by atoms with Crippen molar-refractivity contribution >= 4 is 11.9 Å². The fraction of sp³-hybridized carbons (Fsp3) is 0.455. The minimum atomic E-state index is -1.05. The van der Waals surface area contributed by atoms with E-state index in [1.165, 1.54) is 7.05 Å². The quantitative estimate of drug-likeness (QED) is 0.726. The average molecular weight is 386 g/mol. The molecule has 0 fully saturated rings. The van der Waals surface area contributed by atoms with Crippen LogP contribution in [0.4, 0.5) is 10.6 Å². The molecule has 1 unspecified atom stereocenters. The van der Waals surface area contributed by atoms with Crippen LogP contribution in [0.2, 0.25) is 0 Å². The van der Waals surface area contributed by atoms with Gasteiger partial charge < -0.3 is 15.6 Å². The van der Waals surface area contributed by atoms with Crippen molar-refractivity contribution in [2.75, 3.05) is 18.6 Å². The van der Waals surface area contributed by atoms with Gasteiger partial charge in [0, 0.05) is 18.8 Å². The van der Waals surface area contributed by atoms with Gasteiger partial charge in [-0.05, 0) is 73.6 Å². The van der Waals surface area contributed by atoms with Crippen LogP contribution in [-0.4, -0.2) is 35.4 Å². The zero-order valence-electron chi connectivity index (χ0n) is 17.6. The fourth-order valence-corrected chi connectivity index (χ4v) is 3.37. The highest BCUT2D eigenvalue weighted by atomic mass is 16.5. The molecule has 1 amide bonds. The molecule has 6 heteroatoms. The average Bonchev–Trinajstić information content (AvgIpc) is 2.61. The third-order valence-corrected chi connectivity index (χ3v) is 4.86. The second-order valence-electron chi connectivity index (χ2n) is 8.15. The number of nitrogens with two attached hydrogens (primary N) is 1. The molecule has 2 aromatic rings. The van der Waals surface area contributed by atoms with Gasteiger partial charge in [0.05, 0.1) is 0 Å². The number of hydrogen-bond acceptors (Lipinski definition) is 4. The first-order valence-electron chi connectivity index (χ1n) is 9.47. The topological polar surface area (TPSA) is 88.7 Å². The largest absolute Gasteiger partial charge is 0.491 e. The van der Waals surface area contributed by atoms with Gasteiger partial charge in [0.1, 0.15) is 18.2 Å². The third kappa shape index (κ3) is 5.23. The van der Waals surface area contributed by atoms with E-state index in [4.69, 9.17) is 10.5 Å². The standard InChI is InChI=1S/C22H31N3O3/c1-14(2)12-22(5,23)13-28-19-8-7-18(15(3)16(19)4)17-9-10-24-20(11-17)25(6)21(26)27/h7-11,14H,12-13,23H2,1-6H3,(H,26,27). The van der Waals surface area contributed by atoms with E-state index in [2.05, 4.69) is 18.8 Å². The number of anilines is 1. The molecule has 0 saturated heterocycles. The summed E-state index contributed by atoms with van der Waals surface area (Å²) >= 11 is 0. The molecule has 2 rings (SSSR count). The van der Waals surface area contributed by atoms with Crippen molar-refractivity contribution in [2.45, 2.75) is 46.6 Å². The Morgan fingerprint density at radius 1 is 1.29 bits per heavy atom. The maximum Gasteiger partial charge on any atom is 0.412 e. The molecule has 0 spiro atoms. The molecule has 0 bridgehead atoms. The van der Waals surface area contributed by atoms with E-state index >= 15 is 0 Å². The maximum atomic E-state index is 11.2. The Hall–Kier alpha value is -2.60. The molecule has 0 aliphatic heterocycles. The Morgan fingerprint density at radius 2 is 1.96 bits per heavy atom. The van der Waals surface area contributed by atoms with Gasteiger partial charge in [-0.15, -0.1) is 0 Å². The number of hydrogen-bond donors (Lipinski definition) is 2. The molecular weight excluding hydrogens is 354 g/mol. The molecular formula is C22H31N3O3. The maximum absolute atomic E-state index is 11.2. The molecule has 0 saturated carbocycles. The van der Waals surface area contributed by atoms with E-state index in [1.54, 1.807) is 12.3 Å². The van der Waals surface area contributed by atoms with E-state index in [-0.39, 0.29) is 5.54 Å². The summed E-state index contributed by atoms with van der Waals surface area (Å²) in [5.41, 5.74) is 10.0. The second-order valence-corrected chi connectivity index (χ2v) is 8.15. The zero-order chi connectivity index (χ0) is 21.1. The second kappa shape index (κ2) is 8.61. The Labute approximate surface area is 167 Å². The molecule has 0 aliphatic rings. The minimum Gasteiger partial charge on any atom is -0.491 e. The molecule has 1 heterocycles. The molecule has 1 aromatic carbocycles. The first-order valence-corrected chi connectivity index (χ1v) is 9.47. The highest BCUT2D eigenvalue weighted by Crippen LogP contribution is 2.32. The number of carbonyl (C=O) groups is 1. The van der Waals surface area contributed by atoms with Crippen LogP contribution in [0.15, 0.2) is 30.5 Å². The molecule has 1 aromatic heterocycles. The lowest BCUT2D eigenvalue weighted by Gasteiger charge is -2.27. The van der Waals surface area contributed by atoms with Crippen molar-refractivity contribution in [2.24, 2.45) is 11.7 Å². The van der Waals surface area contributed by atoms with Crippen molar-refractivity contribution in [3.63, 3.8) is 0 Å². The Kier molecular flexibility index (Phi) is 6.67. The molecule has 28 heavy (non-hydrogen) atoms. The van der Waals surface area contributed by atoms with Crippen LogP contribution in [-0.2, 0) is 0 Å². The molecule has 152 valence electrons. The molecule has 0 radical (unpaired) electrons. The lowest BCUT2D eigenvalue weighted by Crippen LogP contribution is -2.43. The van der Waals surface area contributed by atoms with Crippen molar-refractivity contribution in [3.8, 4) is 16.9 Å². The van der Waals surface area contributed by atoms with E-state index in [1.807, 2.05) is 39.0 Å². The lowest BCUT2D eigenvalue weighted by atomic mass is 9.92. The van der Waals surface area contributed by atoms with E-state index in [0.717, 1.165) is 39.3 Å². The number of nitrogens with zero attached hydrogens (tertiary/aromatic N) is 2. The Bertz CT molecular complexity index is 847. The van der Waals surface area contributed by atoms with E-state index in [9.17, 15) is 9.90 Å². The first kappa shape index (κ1) is 21.7. The van der Waals surface area contributed by atoms with Crippen LogP contribution in [0.5, 0.6) is 5.75 Å². The van der Waals surface area contributed by atoms with Gasteiger partial charge in [-0.2, -0.15) is 0 Å². The monoisotopic (exact) mass is 385 g/mol. The van der Waals surface area contributed by atoms with Gasteiger partial charge in [-0.25, -0.2) is 9.78 Å². The van der Waals surface area contributed by atoms with Crippen molar-refractivity contribution in [1.29, 1.82) is 0 Å². The lowest BCUT2D eigenvalue weighted by molar-refractivity contribution is 0.203. The van der Waals surface area contributed by atoms with Crippen LogP contribution in [0.25, 0.3) is 11.1 Å². The SMILES string of the molecule is Cc1c(OCC(C)(N)CC(C)C)ccc(-c2ccnc(N(C)C(=O)O)c2)c1C. The van der Waals surface area contributed by atoms with Crippen molar-refractivity contribution in [1.82, 2.24) is 4.98 Å². The molecule has 3 N–H and O–H groups in total. The summed E-state index contributed by atoms with van der Waals surface area (Å²) in [5.74, 6) is 1.71. The number of rotatable bonds is 7. The van der Waals surface area contributed by atoms with Crippen LogP contribution >= 0.6 is 0 Å². The van der Waals surface area contributed by atoms with E-state index in [0.29, 0.717) is 18.3 Å². The summed E-state index contributed by atoms with van der Waals surface area (Å²) in [6, 6.07) is 7.59. The third-order valence-electron chi connectivity index (χ3n) is 4.86. The van der Waals surface area contributed by atoms with Gasteiger partial charge in [-0.1, -0.05) is 19.9 Å². The fourth-order valence-electron chi connectivity index (χ4n) is 3.37. The Morgan fingerprint density at radius 3 is 2.57 bits per heavy atom. The summed E-state index contributed by atoms with van der Waals surface area (Å²) in [5, 5.41) is 9.17. The Balaban J connectivity index is 2.27. The number of carboxylic acid groups (broad SMARTS) is 1. The number of pyridine rings is 1. The van der Waals surface area contributed by atoms with Crippen LogP contribution in [0.3, 0.4) is 0 Å². The summed E-state index contributed by atoms with van der Waals surface area (Å²) in [7, 11) is 1.48. The summed E-state index contributed by atoms with van der Waals surface area (Å²) < 4.78 is 6.04. The first-order chi connectivity index (χ1) is 13.0. The van der Waals surface area contributed by atoms with Crippen LogP contribution in [0.1, 0.15) is 38.3 Å². The number of amides is 1. The number of aromatic nitrogens is 1. The van der Waals surface area contributed by atoms with Gasteiger partial charge in [0.25, 0.3) is 0 Å². The van der Waals surface area contributed by atoms with Gasteiger partial charge in [0.15, 0.2) is 0 Å². The predicted molar refractivity (Wildman–Crippen MR) is 113 cm³/mol.